The van der Waals surface area contributed by atoms with E-state index in [1.807, 2.05) is 0 Å². The number of hydrogen-bond acceptors (Lipinski definition) is 6. The molecule has 24 heavy (non-hydrogen) atoms. The molecular weight excluding hydrogens is 375 g/mol. The highest BCUT2D eigenvalue weighted by Gasteiger charge is 2.42. The molecule has 3 heterocycles. The van der Waals surface area contributed by atoms with Gasteiger partial charge in [0.2, 0.25) is 16.0 Å². The molecule has 3 rings (SSSR count). The molecule has 2 aromatic heterocycles. The van der Waals surface area contributed by atoms with Gasteiger partial charge in [0.15, 0.2) is 0 Å². The molecule has 1 aliphatic heterocycles. The van der Waals surface area contributed by atoms with E-state index in [0.29, 0.717) is 20.3 Å². The van der Waals surface area contributed by atoms with Crippen LogP contribution in [0.15, 0.2) is 29.5 Å². The molecule has 6 nitrogen and oxygen atoms in total. The average Bonchev–Trinajstić information content (AvgIpc) is 2.87. The second-order valence-corrected chi connectivity index (χ2v) is 9.11. The predicted octanol–water partition coefficient (Wildman–Crippen LogP) is 2.41. The smallest absolute Gasteiger partial charge is 0.239 e. The van der Waals surface area contributed by atoms with E-state index >= 15 is 0 Å². The molecule has 1 aliphatic rings. The number of halogens is 2. The van der Waals surface area contributed by atoms with E-state index in [1.54, 1.807) is 13.0 Å². The summed E-state index contributed by atoms with van der Waals surface area (Å²) in [4.78, 5) is 9.37. The minimum Gasteiger partial charge on any atom is -0.369 e. The second-order valence-electron chi connectivity index (χ2n) is 5.65. The number of aromatic nitrogens is 1. The minimum atomic E-state index is -3.59. The predicted molar refractivity (Wildman–Crippen MR) is 93.0 cm³/mol. The van der Waals surface area contributed by atoms with Crippen molar-refractivity contribution < 1.29 is 12.8 Å². The Morgan fingerprint density at radius 3 is 2.75 bits per heavy atom. The lowest BCUT2D eigenvalue weighted by Crippen LogP contribution is -2.50. The summed E-state index contributed by atoms with van der Waals surface area (Å²) in [7, 11) is -2.24. The number of nitrogens with zero attached hydrogens (tertiary/aromatic N) is 3. The van der Waals surface area contributed by atoms with Gasteiger partial charge >= 0.3 is 0 Å². The van der Waals surface area contributed by atoms with Gasteiger partial charge in [0, 0.05) is 23.7 Å². The Hall–Kier alpha value is -1.71. The first kappa shape index (κ1) is 17.1. The van der Waals surface area contributed by atoms with Gasteiger partial charge in [0.25, 0.3) is 0 Å². The van der Waals surface area contributed by atoms with Crippen LogP contribution in [-0.4, -0.2) is 36.5 Å². The van der Waals surface area contributed by atoms with E-state index in [2.05, 4.69) is 9.98 Å². The summed E-state index contributed by atoms with van der Waals surface area (Å²) in [6.45, 7) is 1.66. The average molecular weight is 389 g/mol. The molecule has 128 valence electrons. The topological polar surface area (TPSA) is 88.7 Å². The second kappa shape index (κ2) is 5.68. The number of hydrogen-bond donors (Lipinski definition) is 1. The zero-order valence-corrected chi connectivity index (χ0v) is 15.2. The third kappa shape index (κ3) is 2.87. The normalized spacial score (nSPS) is 23.2. The molecule has 10 heteroatoms. The zero-order chi connectivity index (χ0) is 17.7. The molecule has 0 amide bonds. The molecule has 1 atom stereocenters. The van der Waals surface area contributed by atoms with E-state index < -0.39 is 21.4 Å². The summed E-state index contributed by atoms with van der Waals surface area (Å²) < 4.78 is 38.9. The Bertz CT molecular complexity index is 944. The van der Waals surface area contributed by atoms with Crippen molar-refractivity contribution in [1.29, 1.82) is 0 Å². The molecule has 0 unspecified atom stereocenters. The molecule has 0 saturated carbocycles. The molecule has 0 spiro atoms. The van der Waals surface area contributed by atoms with Crippen LogP contribution < -0.4 is 5.73 Å². The highest BCUT2D eigenvalue weighted by Crippen LogP contribution is 2.44. The minimum absolute atomic E-state index is 0.0952. The summed E-state index contributed by atoms with van der Waals surface area (Å²) in [6.07, 6.45) is 2.62. The standard InChI is InChI=1S/C14H14ClFN4O2S2/c1-14(7-24(21,22)20(2)13(17)19-14)12-10(15)4-11(23-12)8-3-9(16)6-18-5-8/h3-6H,7H2,1-2H3,(H2,17,19)/t14-/m0/s1. The number of rotatable bonds is 2. The Balaban J connectivity index is 2.11. The van der Waals surface area contributed by atoms with Gasteiger partial charge in [-0.25, -0.2) is 22.1 Å². The van der Waals surface area contributed by atoms with Crippen LogP contribution in [0.2, 0.25) is 5.02 Å². The van der Waals surface area contributed by atoms with Gasteiger partial charge in [-0.1, -0.05) is 11.6 Å². The van der Waals surface area contributed by atoms with Crippen molar-refractivity contribution in [2.24, 2.45) is 10.7 Å². The van der Waals surface area contributed by atoms with E-state index in [1.165, 1.54) is 30.6 Å². The maximum absolute atomic E-state index is 13.4. The SMILES string of the molecule is CN1C(N)=N[C@](C)(c2sc(-c3cncc(F)c3)cc2Cl)CS1(=O)=O. The van der Waals surface area contributed by atoms with E-state index in [9.17, 15) is 12.8 Å². The van der Waals surface area contributed by atoms with Gasteiger partial charge in [-0.2, -0.15) is 0 Å². The molecule has 0 fully saturated rings. The first-order chi connectivity index (χ1) is 11.1. The van der Waals surface area contributed by atoms with Crippen LogP contribution in [-0.2, 0) is 15.6 Å². The van der Waals surface area contributed by atoms with Crippen molar-refractivity contribution in [3.8, 4) is 10.4 Å². The summed E-state index contributed by atoms with van der Waals surface area (Å²) in [6, 6.07) is 2.99. The molecule has 0 aliphatic carbocycles. The first-order valence-electron chi connectivity index (χ1n) is 6.85. The first-order valence-corrected chi connectivity index (χ1v) is 9.65. The van der Waals surface area contributed by atoms with Crippen molar-refractivity contribution in [3.63, 3.8) is 0 Å². The number of nitrogens with two attached hydrogens (primary N) is 1. The maximum atomic E-state index is 13.4. The zero-order valence-electron chi connectivity index (χ0n) is 12.8. The monoisotopic (exact) mass is 388 g/mol. The Morgan fingerprint density at radius 2 is 2.12 bits per heavy atom. The molecular formula is C14H14ClFN4O2S2. The van der Waals surface area contributed by atoms with Gasteiger partial charge in [-0.3, -0.25) is 4.98 Å². The van der Waals surface area contributed by atoms with Crippen LogP contribution in [0.1, 0.15) is 11.8 Å². The van der Waals surface area contributed by atoms with Gasteiger partial charge < -0.3 is 5.73 Å². The molecule has 0 saturated heterocycles. The van der Waals surface area contributed by atoms with Crippen LogP contribution >= 0.6 is 22.9 Å². The highest BCUT2D eigenvalue weighted by atomic mass is 35.5. The molecule has 0 bridgehead atoms. The number of guanidine groups is 1. The highest BCUT2D eigenvalue weighted by molar-refractivity contribution is 7.89. The van der Waals surface area contributed by atoms with Gasteiger partial charge in [-0.05, 0) is 19.1 Å². The van der Waals surface area contributed by atoms with Crippen LogP contribution in [0.4, 0.5) is 4.39 Å². The third-order valence-electron chi connectivity index (χ3n) is 3.73. The molecule has 0 radical (unpaired) electrons. The Kier molecular flexibility index (Phi) is 4.05. The van der Waals surface area contributed by atoms with Gasteiger partial charge in [0.1, 0.15) is 11.4 Å². The van der Waals surface area contributed by atoms with E-state index in [4.69, 9.17) is 17.3 Å². The largest absolute Gasteiger partial charge is 0.369 e. The summed E-state index contributed by atoms with van der Waals surface area (Å²) in [5, 5.41) is 0.359. The Labute approximate surface area is 147 Å². The van der Waals surface area contributed by atoms with Crippen molar-refractivity contribution in [2.45, 2.75) is 12.5 Å². The van der Waals surface area contributed by atoms with Crippen LogP contribution in [0, 0.1) is 5.82 Å². The summed E-state index contributed by atoms with van der Waals surface area (Å²) >= 11 is 7.56. The number of thiophene rings is 1. The van der Waals surface area contributed by atoms with Crippen LogP contribution in [0.3, 0.4) is 0 Å². The quantitative estimate of drug-likeness (QED) is 0.855. The third-order valence-corrected chi connectivity index (χ3v) is 7.53. The molecule has 0 aromatic carbocycles. The number of sulfonamides is 1. The van der Waals surface area contributed by atoms with Gasteiger partial charge in [-0.15, -0.1) is 11.3 Å². The lowest BCUT2D eigenvalue weighted by atomic mass is 10.0. The fraction of sp³-hybridized carbons (Fsp3) is 0.286. The van der Waals surface area contributed by atoms with E-state index in [-0.39, 0.29) is 11.7 Å². The molecule has 2 N–H and O–H groups in total. The Morgan fingerprint density at radius 1 is 1.42 bits per heavy atom. The lowest BCUT2D eigenvalue weighted by Gasteiger charge is -2.33. The van der Waals surface area contributed by atoms with Crippen molar-refractivity contribution in [2.75, 3.05) is 12.8 Å². The number of aliphatic imine (C=N–C) groups is 1. The van der Waals surface area contributed by atoms with Crippen molar-refractivity contribution in [1.82, 2.24) is 9.29 Å². The summed E-state index contributed by atoms with van der Waals surface area (Å²) in [5.41, 5.74) is 5.21. The fourth-order valence-electron chi connectivity index (χ4n) is 2.49. The number of pyridine rings is 1. The van der Waals surface area contributed by atoms with Crippen molar-refractivity contribution in [3.05, 3.63) is 40.2 Å². The van der Waals surface area contributed by atoms with Crippen LogP contribution in [0.5, 0.6) is 0 Å². The van der Waals surface area contributed by atoms with E-state index in [0.717, 1.165) is 10.5 Å². The maximum Gasteiger partial charge on any atom is 0.239 e. The fourth-order valence-corrected chi connectivity index (χ4v) is 5.63. The van der Waals surface area contributed by atoms with Gasteiger partial charge in [0.05, 0.1) is 21.8 Å². The summed E-state index contributed by atoms with van der Waals surface area (Å²) in [5.74, 6) is -0.811. The molecule has 2 aromatic rings. The van der Waals surface area contributed by atoms with Crippen molar-refractivity contribution >= 4 is 38.9 Å². The van der Waals surface area contributed by atoms with Crippen LogP contribution in [0.25, 0.3) is 10.4 Å². The lowest BCUT2D eigenvalue weighted by molar-refractivity contribution is 0.482.